The first kappa shape index (κ1) is 14.7. The van der Waals surface area contributed by atoms with Gasteiger partial charge in [0.15, 0.2) is 0 Å². The van der Waals surface area contributed by atoms with Gasteiger partial charge in [-0.2, -0.15) is 0 Å². The number of rotatable bonds is 4. The van der Waals surface area contributed by atoms with E-state index in [1.807, 2.05) is 6.08 Å². The summed E-state index contributed by atoms with van der Waals surface area (Å²) in [6.07, 6.45) is 3.31. The first-order valence-corrected chi connectivity index (χ1v) is 6.13. The predicted molar refractivity (Wildman–Crippen MR) is 66.7 cm³/mol. The Bertz CT molecular complexity index is 342. The molecule has 1 amide bonds. The fourth-order valence-electron chi connectivity index (χ4n) is 2.60. The zero-order valence-corrected chi connectivity index (χ0v) is 10.9. The maximum atomic E-state index is 11.3. The van der Waals surface area contributed by atoms with Crippen LogP contribution in [-0.2, 0) is 14.3 Å². The Labute approximate surface area is 107 Å². The molecule has 5 nitrogen and oxygen atoms in total. The van der Waals surface area contributed by atoms with Gasteiger partial charge >= 0.3 is 5.97 Å². The quantitative estimate of drug-likeness (QED) is 0.575. The number of hydrogen-bond acceptors (Lipinski definition) is 4. The van der Waals surface area contributed by atoms with Crippen LogP contribution in [0.25, 0.3) is 0 Å². The van der Waals surface area contributed by atoms with Gasteiger partial charge in [-0.25, -0.2) is 0 Å². The lowest BCUT2D eigenvalue weighted by atomic mass is 9.73. The van der Waals surface area contributed by atoms with Gasteiger partial charge in [0.05, 0.1) is 6.61 Å². The largest absolute Gasteiger partial charge is 0.460 e. The Kier molecular flexibility index (Phi) is 4.90. The number of ether oxygens (including phenoxy) is 1. The van der Waals surface area contributed by atoms with Crippen LogP contribution in [-0.4, -0.2) is 35.2 Å². The van der Waals surface area contributed by atoms with E-state index in [4.69, 9.17) is 4.74 Å². The number of hydrogen-bond donors (Lipinski definition) is 2. The number of nitrogens with one attached hydrogen (secondary N) is 1. The number of carbonyl (C=O) groups is 2. The maximum absolute atomic E-state index is 11.3. The highest BCUT2D eigenvalue weighted by Crippen LogP contribution is 2.35. The van der Waals surface area contributed by atoms with Crippen LogP contribution in [0.1, 0.15) is 33.1 Å². The lowest BCUT2D eigenvalue weighted by Crippen LogP contribution is -2.62. The third-order valence-corrected chi connectivity index (χ3v) is 3.39. The fraction of sp³-hybridized carbons (Fsp3) is 0.692. The van der Waals surface area contributed by atoms with Crippen molar-refractivity contribution >= 4 is 11.9 Å². The van der Waals surface area contributed by atoms with Gasteiger partial charge in [0.25, 0.3) is 0 Å². The molecule has 5 heteroatoms. The summed E-state index contributed by atoms with van der Waals surface area (Å²) in [6.45, 7) is 6.21. The molecule has 0 heterocycles. The van der Waals surface area contributed by atoms with Gasteiger partial charge in [0, 0.05) is 13.8 Å². The zero-order valence-electron chi connectivity index (χ0n) is 10.9. The molecule has 102 valence electrons. The Hall–Kier alpha value is -1.36. The number of aliphatic hydroxyl groups excluding tert-OH is 1. The Morgan fingerprint density at radius 2 is 2.17 bits per heavy atom. The van der Waals surface area contributed by atoms with E-state index in [0.29, 0.717) is 12.8 Å². The number of amides is 1. The second kappa shape index (κ2) is 6.00. The average molecular weight is 255 g/mol. The van der Waals surface area contributed by atoms with E-state index in [-0.39, 0.29) is 18.4 Å². The van der Waals surface area contributed by atoms with Gasteiger partial charge in [-0.15, -0.1) is 6.58 Å². The summed E-state index contributed by atoms with van der Waals surface area (Å²) >= 11 is 0. The van der Waals surface area contributed by atoms with Crippen LogP contribution in [0, 0.1) is 5.92 Å². The molecule has 0 unspecified atom stereocenters. The molecular weight excluding hydrogens is 234 g/mol. The highest BCUT2D eigenvalue weighted by Gasteiger charge is 2.45. The van der Waals surface area contributed by atoms with Crippen molar-refractivity contribution in [3.05, 3.63) is 12.7 Å². The van der Waals surface area contributed by atoms with Crippen molar-refractivity contribution in [3.63, 3.8) is 0 Å². The molecule has 0 aromatic heterocycles. The van der Waals surface area contributed by atoms with Crippen molar-refractivity contribution < 1.29 is 19.4 Å². The minimum Gasteiger partial charge on any atom is -0.460 e. The molecule has 3 atom stereocenters. The van der Waals surface area contributed by atoms with Crippen LogP contribution in [0.3, 0.4) is 0 Å². The van der Waals surface area contributed by atoms with Gasteiger partial charge in [-0.05, 0) is 25.2 Å². The molecule has 0 aromatic rings. The molecule has 1 fully saturated rings. The summed E-state index contributed by atoms with van der Waals surface area (Å²) in [6, 6.07) is 0. The van der Waals surface area contributed by atoms with Gasteiger partial charge in [0.1, 0.15) is 11.6 Å². The topological polar surface area (TPSA) is 75.6 Å². The van der Waals surface area contributed by atoms with Crippen LogP contribution < -0.4 is 5.32 Å². The van der Waals surface area contributed by atoms with E-state index in [1.165, 1.54) is 13.8 Å². The first-order valence-electron chi connectivity index (χ1n) is 6.13. The van der Waals surface area contributed by atoms with Crippen LogP contribution in [0.5, 0.6) is 0 Å². The minimum absolute atomic E-state index is 0.204. The van der Waals surface area contributed by atoms with E-state index < -0.39 is 17.6 Å². The molecule has 0 saturated heterocycles. The average Bonchev–Trinajstić information content (AvgIpc) is 2.30. The van der Waals surface area contributed by atoms with E-state index in [2.05, 4.69) is 11.9 Å². The molecule has 0 bridgehead atoms. The van der Waals surface area contributed by atoms with Crippen molar-refractivity contribution in [2.24, 2.45) is 5.92 Å². The Balaban J connectivity index is 2.95. The van der Waals surface area contributed by atoms with Gasteiger partial charge < -0.3 is 15.2 Å². The number of carbonyl (C=O) groups excluding carboxylic acids is 2. The summed E-state index contributed by atoms with van der Waals surface area (Å²) in [4.78, 5) is 22.4. The molecule has 1 aliphatic carbocycles. The van der Waals surface area contributed by atoms with Crippen molar-refractivity contribution in [1.82, 2.24) is 5.32 Å². The summed E-state index contributed by atoms with van der Waals surface area (Å²) in [7, 11) is 0. The monoisotopic (exact) mass is 255 g/mol. The highest BCUT2D eigenvalue weighted by molar-refractivity contribution is 5.74. The standard InChI is InChI=1S/C13H21NO4/c1-4-11-5-6-12(18-10(3)17)13(7-11,8-15)14-9(2)16/h4,11-12,15H,1,5-8H2,2-3H3,(H,14,16)/t11-,12-,13+/m1/s1. The molecule has 2 N–H and O–H groups in total. The summed E-state index contributed by atoms with van der Waals surface area (Å²) in [5.74, 6) is -0.443. The first-order chi connectivity index (χ1) is 8.43. The second-order valence-electron chi connectivity index (χ2n) is 4.87. The summed E-state index contributed by atoms with van der Waals surface area (Å²) in [5, 5.41) is 12.4. The van der Waals surface area contributed by atoms with Crippen molar-refractivity contribution in [1.29, 1.82) is 0 Å². The molecule has 0 aliphatic heterocycles. The molecule has 1 rings (SSSR count). The van der Waals surface area contributed by atoms with Gasteiger partial charge in [-0.1, -0.05) is 6.08 Å². The summed E-state index contributed by atoms with van der Waals surface area (Å²) in [5.41, 5.74) is -0.894. The van der Waals surface area contributed by atoms with E-state index in [9.17, 15) is 14.7 Å². The molecule has 1 saturated carbocycles. The number of esters is 1. The third kappa shape index (κ3) is 3.32. The van der Waals surface area contributed by atoms with Crippen molar-refractivity contribution in [2.75, 3.05) is 6.61 Å². The molecule has 0 radical (unpaired) electrons. The molecule has 18 heavy (non-hydrogen) atoms. The highest BCUT2D eigenvalue weighted by atomic mass is 16.5. The van der Waals surface area contributed by atoms with E-state index >= 15 is 0 Å². The van der Waals surface area contributed by atoms with Crippen LogP contribution in [0.4, 0.5) is 0 Å². The molecule has 1 aliphatic rings. The van der Waals surface area contributed by atoms with E-state index in [0.717, 1.165) is 6.42 Å². The van der Waals surface area contributed by atoms with E-state index in [1.54, 1.807) is 0 Å². The predicted octanol–water partition coefficient (Wildman–Crippen LogP) is 0.771. The number of allylic oxidation sites excluding steroid dienone is 1. The van der Waals surface area contributed by atoms with Crippen LogP contribution >= 0.6 is 0 Å². The summed E-state index contributed by atoms with van der Waals surface area (Å²) < 4.78 is 5.24. The maximum Gasteiger partial charge on any atom is 0.302 e. The Morgan fingerprint density at radius 1 is 1.50 bits per heavy atom. The normalized spacial score (nSPS) is 31.5. The van der Waals surface area contributed by atoms with Crippen LogP contribution in [0.15, 0.2) is 12.7 Å². The SMILES string of the molecule is C=C[C@@H]1CC[C@@H](OC(C)=O)[C@](CO)(NC(C)=O)C1. The smallest absolute Gasteiger partial charge is 0.302 e. The fourth-order valence-corrected chi connectivity index (χ4v) is 2.60. The van der Waals surface area contributed by atoms with Crippen molar-refractivity contribution in [3.8, 4) is 0 Å². The van der Waals surface area contributed by atoms with Gasteiger partial charge in [-0.3, -0.25) is 9.59 Å². The molecule has 0 spiro atoms. The number of aliphatic hydroxyl groups is 1. The molecular formula is C13H21NO4. The van der Waals surface area contributed by atoms with Crippen molar-refractivity contribution in [2.45, 2.75) is 44.8 Å². The lowest BCUT2D eigenvalue weighted by Gasteiger charge is -2.44. The third-order valence-electron chi connectivity index (χ3n) is 3.39. The van der Waals surface area contributed by atoms with Crippen LogP contribution in [0.2, 0.25) is 0 Å². The minimum atomic E-state index is -0.894. The Morgan fingerprint density at radius 3 is 2.61 bits per heavy atom. The van der Waals surface area contributed by atoms with Gasteiger partial charge in [0.2, 0.25) is 5.91 Å². The molecule has 0 aromatic carbocycles. The second-order valence-corrected chi connectivity index (χ2v) is 4.87. The lowest BCUT2D eigenvalue weighted by molar-refractivity contribution is -0.157. The zero-order chi connectivity index (χ0) is 13.8.